The zero-order chi connectivity index (χ0) is 19.4. The van der Waals surface area contributed by atoms with Crippen LogP contribution in [0.4, 0.5) is 0 Å². The van der Waals surface area contributed by atoms with E-state index in [4.69, 9.17) is 0 Å². The lowest BCUT2D eigenvalue weighted by Crippen LogP contribution is -3.06. The Hall–Kier alpha value is -2.99. The normalized spacial score (nSPS) is 14.4. The molecule has 0 unspecified atom stereocenters. The van der Waals surface area contributed by atoms with Gasteiger partial charge in [-0.25, -0.2) is 0 Å². The third kappa shape index (κ3) is 4.06. The lowest BCUT2D eigenvalue weighted by molar-refractivity contribution is -0.856. The molecule has 3 rings (SSSR count). The molecule has 140 valence electrons. The molecule has 0 aliphatic carbocycles. The Morgan fingerprint density at radius 2 is 1.52 bits per heavy atom. The summed E-state index contributed by atoms with van der Waals surface area (Å²) in [5.74, 6) is -1.13. The van der Waals surface area contributed by atoms with Gasteiger partial charge < -0.3 is 10.2 Å². The number of amides is 3. The predicted molar refractivity (Wildman–Crippen MR) is 102 cm³/mol. The van der Waals surface area contributed by atoms with Crippen molar-refractivity contribution >= 4 is 17.7 Å². The van der Waals surface area contributed by atoms with Crippen molar-refractivity contribution in [3.63, 3.8) is 0 Å². The minimum atomic E-state index is -0.878. The molecule has 1 aliphatic rings. The number of quaternary nitrogens is 1. The van der Waals surface area contributed by atoms with Gasteiger partial charge in [-0.3, -0.25) is 19.3 Å². The number of nitrogens with zero attached hydrogens (tertiary/aromatic N) is 1. The highest BCUT2D eigenvalue weighted by atomic mass is 16.2. The van der Waals surface area contributed by atoms with Gasteiger partial charge in [-0.1, -0.05) is 42.5 Å². The minimum absolute atomic E-state index is 0.285. The highest BCUT2D eigenvalue weighted by Crippen LogP contribution is 2.26. The van der Waals surface area contributed by atoms with Gasteiger partial charge in [0.2, 0.25) is 5.91 Å². The summed E-state index contributed by atoms with van der Waals surface area (Å²) in [7, 11) is 4.00. The van der Waals surface area contributed by atoms with Crippen LogP contribution in [0.15, 0.2) is 54.6 Å². The van der Waals surface area contributed by atoms with Crippen molar-refractivity contribution in [1.29, 1.82) is 0 Å². The second-order valence-corrected chi connectivity index (χ2v) is 6.98. The van der Waals surface area contributed by atoms with E-state index in [0.29, 0.717) is 17.7 Å². The Balaban J connectivity index is 1.87. The first-order valence-electron chi connectivity index (χ1n) is 9.06. The van der Waals surface area contributed by atoms with Gasteiger partial charge >= 0.3 is 0 Å². The molecule has 2 aromatic carbocycles. The largest absolute Gasteiger partial charge is 0.349 e. The summed E-state index contributed by atoms with van der Waals surface area (Å²) in [6.45, 7) is 1.24. The van der Waals surface area contributed by atoms with Crippen LogP contribution in [0, 0.1) is 0 Å². The molecule has 0 saturated carbocycles. The van der Waals surface area contributed by atoms with Gasteiger partial charge in [-0.05, 0) is 17.7 Å². The number of nitrogens with one attached hydrogen (secondary N) is 2. The van der Waals surface area contributed by atoms with Crippen LogP contribution in [0.5, 0.6) is 0 Å². The van der Waals surface area contributed by atoms with Crippen molar-refractivity contribution in [2.24, 2.45) is 0 Å². The first-order valence-corrected chi connectivity index (χ1v) is 9.06. The van der Waals surface area contributed by atoms with Crippen molar-refractivity contribution in [1.82, 2.24) is 10.2 Å². The number of carbonyl (C=O) groups excluding carboxylic acids is 3. The van der Waals surface area contributed by atoms with Crippen LogP contribution in [-0.2, 0) is 11.2 Å². The number of fused-ring (bicyclic) bond motifs is 1. The zero-order valence-corrected chi connectivity index (χ0v) is 15.6. The summed E-state index contributed by atoms with van der Waals surface area (Å²) in [4.78, 5) is 40.9. The van der Waals surface area contributed by atoms with E-state index in [-0.39, 0.29) is 12.3 Å². The average Bonchev–Trinajstić information content (AvgIpc) is 2.91. The third-order valence-corrected chi connectivity index (χ3v) is 4.64. The van der Waals surface area contributed by atoms with Crippen molar-refractivity contribution in [2.45, 2.75) is 12.5 Å². The molecule has 6 nitrogen and oxygen atoms in total. The Kier molecular flexibility index (Phi) is 5.66. The first kappa shape index (κ1) is 18.8. The number of imide groups is 1. The highest BCUT2D eigenvalue weighted by molar-refractivity contribution is 6.22. The van der Waals surface area contributed by atoms with Gasteiger partial charge in [0.05, 0.1) is 38.3 Å². The predicted octanol–water partition coefficient (Wildman–Crippen LogP) is 0.155. The molecule has 2 N–H and O–H groups in total. The number of hydrogen-bond donors (Lipinski definition) is 2. The molecule has 3 amide bonds. The SMILES string of the molecule is C[NH+](C)CCNC(=O)[C@H](Cc1ccccc1)N1C(=O)c2ccccc2C1=O. The van der Waals surface area contributed by atoms with Gasteiger partial charge in [0.25, 0.3) is 11.8 Å². The van der Waals surface area contributed by atoms with Crippen LogP contribution >= 0.6 is 0 Å². The van der Waals surface area contributed by atoms with E-state index in [1.165, 1.54) is 4.90 Å². The van der Waals surface area contributed by atoms with E-state index in [0.717, 1.165) is 17.0 Å². The molecule has 0 spiro atoms. The maximum Gasteiger partial charge on any atom is 0.262 e. The van der Waals surface area contributed by atoms with Gasteiger partial charge in [0, 0.05) is 6.42 Å². The van der Waals surface area contributed by atoms with Crippen LogP contribution in [0.2, 0.25) is 0 Å². The van der Waals surface area contributed by atoms with E-state index in [9.17, 15) is 14.4 Å². The van der Waals surface area contributed by atoms with E-state index < -0.39 is 17.9 Å². The summed E-state index contributed by atoms with van der Waals surface area (Å²) < 4.78 is 0. The Morgan fingerprint density at radius 3 is 2.07 bits per heavy atom. The maximum atomic E-state index is 12.9. The molecule has 2 aromatic rings. The lowest BCUT2D eigenvalue weighted by Gasteiger charge is -2.25. The number of hydrogen-bond acceptors (Lipinski definition) is 3. The highest BCUT2D eigenvalue weighted by Gasteiger charge is 2.42. The van der Waals surface area contributed by atoms with Crippen LogP contribution in [0.3, 0.4) is 0 Å². The zero-order valence-electron chi connectivity index (χ0n) is 15.6. The van der Waals surface area contributed by atoms with E-state index in [2.05, 4.69) is 5.32 Å². The van der Waals surface area contributed by atoms with Crippen molar-refractivity contribution in [3.8, 4) is 0 Å². The molecule has 27 heavy (non-hydrogen) atoms. The molecule has 0 saturated heterocycles. The van der Waals surface area contributed by atoms with Crippen molar-refractivity contribution in [3.05, 3.63) is 71.3 Å². The molecule has 0 aromatic heterocycles. The number of likely N-dealkylation sites (N-methyl/N-ethyl adjacent to an activating group) is 1. The summed E-state index contributed by atoms with van der Waals surface area (Å²) in [6, 6.07) is 15.2. The Bertz CT molecular complexity index is 814. The van der Waals surface area contributed by atoms with E-state index in [1.807, 2.05) is 44.4 Å². The third-order valence-electron chi connectivity index (χ3n) is 4.64. The molecule has 1 atom stereocenters. The topological polar surface area (TPSA) is 70.9 Å². The summed E-state index contributed by atoms with van der Waals surface area (Å²) in [5, 5.41) is 2.87. The maximum absolute atomic E-state index is 12.9. The minimum Gasteiger partial charge on any atom is -0.349 e. The van der Waals surface area contributed by atoms with E-state index >= 15 is 0 Å². The second kappa shape index (κ2) is 8.14. The average molecular weight is 366 g/mol. The van der Waals surface area contributed by atoms with Gasteiger partial charge in [0.15, 0.2) is 0 Å². The molecule has 0 radical (unpaired) electrons. The molecular weight excluding hydrogens is 342 g/mol. The molecule has 1 heterocycles. The number of rotatable bonds is 7. The molecule has 6 heteroatoms. The number of carbonyl (C=O) groups is 3. The Labute approximate surface area is 158 Å². The fourth-order valence-electron chi connectivity index (χ4n) is 3.18. The molecular formula is C21H24N3O3+. The fraction of sp³-hybridized carbons (Fsp3) is 0.286. The molecule has 0 fully saturated rings. The fourth-order valence-corrected chi connectivity index (χ4v) is 3.18. The number of benzene rings is 2. The first-order chi connectivity index (χ1) is 13.0. The quantitative estimate of drug-likeness (QED) is 0.686. The Morgan fingerprint density at radius 1 is 0.963 bits per heavy atom. The smallest absolute Gasteiger partial charge is 0.262 e. The van der Waals surface area contributed by atoms with Crippen LogP contribution < -0.4 is 10.2 Å². The summed E-state index contributed by atoms with van der Waals surface area (Å²) in [6.07, 6.45) is 0.285. The summed E-state index contributed by atoms with van der Waals surface area (Å²) in [5.41, 5.74) is 1.60. The van der Waals surface area contributed by atoms with Gasteiger partial charge in [-0.2, -0.15) is 0 Å². The second-order valence-electron chi connectivity index (χ2n) is 6.98. The van der Waals surface area contributed by atoms with Gasteiger partial charge in [0.1, 0.15) is 6.04 Å². The monoisotopic (exact) mass is 366 g/mol. The van der Waals surface area contributed by atoms with Gasteiger partial charge in [-0.15, -0.1) is 0 Å². The van der Waals surface area contributed by atoms with E-state index in [1.54, 1.807) is 24.3 Å². The van der Waals surface area contributed by atoms with Crippen molar-refractivity contribution in [2.75, 3.05) is 27.2 Å². The van der Waals surface area contributed by atoms with Crippen LogP contribution in [0.25, 0.3) is 0 Å². The molecule has 0 bridgehead atoms. The van der Waals surface area contributed by atoms with Crippen LogP contribution in [-0.4, -0.2) is 55.8 Å². The molecule has 1 aliphatic heterocycles. The standard InChI is InChI=1S/C21H23N3O3/c1-23(2)13-12-22-19(25)18(14-15-8-4-3-5-9-15)24-20(26)16-10-6-7-11-17(16)21(24)27/h3-11,18H,12-14H2,1-2H3,(H,22,25)/p+1/t18-/m0/s1. The van der Waals surface area contributed by atoms with Crippen molar-refractivity contribution < 1.29 is 19.3 Å². The lowest BCUT2D eigenvalue weighted by atomic mass is 10.0. The van der Waals surface area contributed by atoms with Crippen LogP contribution in [0.1, 0.15) is 26.3 Å². The summed E-state index contributed by atoms with van der Waals surface area (Å²) >= 11 is 0.